The van der Waals surface area contributed by atoms with Crippen LogP contribution in [0.15, 0.2) is 35.8 Å². The molecule has 0 N–H and O–H groups in total. The fourth-order valence-electron chi connectivity index (χ4n) is 3.94. The standard InChI is InChI=1S/C18H15F3O9SSi/c1-32(2,3)30-16-8-27-14-11(29-31(25,26)18(19,20)21)15(24)28-17(14,16)13(23)10-7-5-4-6-9(10)12(16)22/h4-7H,8H2,1-3H3/t16-,17-/m1/s1. The highest BCUT2D eigenvalue weighted by Gasteiger charge is 2.79. The molecule has 1 fully saturated rings. The molecule has 1 saturated heterocycles. The Kier molecular flexibility index (Phi) is 4.51. The summed E-state index contributed by atoms with van der Waals surface area (Å²) >= 11 is 0. The lowest BCUT2D eigenvalue weighted by atomic mass is 9.68. The van der Waals surface area contributed by atoms with Crippen molar-refractivity contribution in [2.24, 2.45) is 0 Å². The summed E-state index contributed by atoms with van der Waals surface area (Å²) in [5.74, 6) is -5.94. The van der Waals surface area contributed by atoms with E-state index in [1.165, 1.54) is 24.3 Å². The van der Waals surface area contributed by atoms with Crippen molar-refractivity contribution in [3.8, 4) is 0 Å². The Morgan fingerprint density at radius 3 is 2.12 bits per heavy atom. The number of alkyl halides is 3. The van der Waals surface area contributed by atoms with E-state index in [-0.39, 0.29) is 11.1 Å². The van der Waals surface area contributed by atoms with Crippen LogP contribution in [-0.2, 0) is 33.0 Å². The third-order valence-electron chi connectivity index (χ3n) is 5.01. The van der Waals surface area contributed by atoms with E-state index in [9.17, 15) is 36.0 Å². The molecule has 4 rings (SSSR count). The van der Waals surface area contributed by atoms with E-state index in [0.717, 1.165) is 0 Å². The second-order valence-electron chi connectivity index (χ2n) is 8.25. The predicted molar refractivity (Wildman–Crippen MR) is 100 cm³/mol. The van der Waals surface area contributed by atoms with Crippen LogP contribution in [0.25, 0.3) is 0 Å². The average molecular weight is 492 g/mol. The smallest absolute Gasteiger partial charge is 0.485 e. The zero-order valence-corrected chi connectivity index (χ0v) is 18.5. The molecule has 14 heteroatoms. The molecule has 0 aromatic heterocycles. The van der Waals surface area contributed by atoms with Crippen molar-refractivity contribution >= 4 is 36.0 Å². The van der Waals surface area contributed by atoms with Gasteiger partial charge in [-0.15, -0.1) is 0 Å². The van der Waals surface area contributed by atoms with Crippen molar-refractivity contribution in [1.29, 1.82) is 0 Å². The first-order valence-corrected chi connectivity index (χ1v) is 13.9. The van der Waals surface area contributed by atoms with Gasteiger partial charge in [-0.1, -0.05) is 24.3 Å². The molecule has 1 aromatic rings. The normalized spacial score (nSPS) is 27.5. The molecule has 9 nitrogen and oxygen atoms in total. The van der Waals surface area contributed by atoms with Crippen LogP contribution in [-0.4, -0.2) is 57.6 Å². The van der Waals surface area contributed by atoms with Crippen LogP contribution in [0.5, 0.6) is 0 Å². The number of Topliss-reactive ketones (excluding diaryl/α,β-unsaturated/α-hetero) is 2. The number of rotatable bonds is 4. The minimum Gasteiger partial charge on any atom is -0.485 e. The van der Waals surface area contributed by atoms with Gasteiger partial charge in [0.15, 0.2) is 8.32 Å². The quantitative estimate of drug-likeness (QED) is 0.269. The van der Waals surface area contributed by atoms with E-state index < -0.39 is 70.8 Å². The molecule has 0 saturated carbocycles. The second-order valence-corrected chi connectivity index (χ2v) is 14.2. The third-order valence-corrected chi connectivity index (χ3v) is 6.92. The van der Waals surface area contributed by atoms with Gasteiger partial charge in [-0.3, -0.25) is 9.59 Å². The largest absolute Gasteiger partial charge is 0.534 e. The molecule has 1 aromatic carbocycles. The summed E-state index contributed by atoms with van der Waals surface area (Å²) in [6.07, 6.45) is 0. The summed E-state index contributed by atoms with van der Waals surface area (Å²) in [6.45, 7) is 4.28. The first-order chi connectivity index (χ1) is 14.6. The summed E-state index contributed by atoms with van der Waals surface area (Å²) in [4.78, 5) is 39.6. The minimum atomic E-state index is -6.31. The number of hydrogen-bond acceptors (Lipinski definition) is 9. The average Bonchev–Trinajstić information content (AvgIpc) is 3.11. The Bertz CT molecular complexity index is 1210. The van der Waals surface area contributed by atoms with Gasteiger partial charge >= 0.3 is 21.6 Å². The Morgan fingerprint density at radius 2 is 1.59 bits per heavy atom. The molecule has 32 heavy (non-hydrogen) atoms. The molecule has 3 aliphatic rings. The van der Waals surface area contributed by atoms with Gasteiger partial charge in [-0.25, -0.2) is 4.79 Å². The van der Waals surface area contributed by atoms with Crippen molar-refractivity contribution in [3.05, 3.63) is 46.9 Å². The number of carbonyl (C=O) groups excluding carboxylic acids is 3. The molecule has 0 bridgehead atoms. The summed E-state index contributed by atoms with van der Waals surface area (Å²) < 4.78 is 82.1. The lowest BCUT2D eigenvalue weighted by molar-refractivity contribution is -0.155. The number of hydrogen-bond donors (Lipinski definition) is 0. The summed E-state index contributed by atoms with van der Waals surface area (Å²) in [6, 6.07) is 5.52. The molecule has 1 spiro atoms. The van der Waals surface area contributed by atoms with E-state index in [1.807, 2.05) is 0 Å². The van der Waals surface area contributed by atoms with Crippen molar-refractivity contribution in [1.82, 2.24) is 0 Å². The van der Waals surface area contributed by atoms with Crippen LogP contribution < -0.4 is 0 Å². The van der Waals surface area contributed by atoms with E-state index in [2.05, 4.69) is 4.18 Å². The highest BCUT2D eigenvalue weighted by Crippen LogP contribution is 2.56. The Labute approximate surface area is 180 Å². The van der Waals surface area contributed by atoms with Gasteiger partial charge in [-0.05, 0) is 19.6 Å². The van der Waals surface area contributed by atoms with Crippen LogP contribution in [0.4, 0.5) is 13.2 Å². The summed E-state index contributed by atoms with van der Waals surface area (Å²) in [7, 11) is -9.03. The predicted octanol–water partition coefficient (Wildman–Crippen LogP) is 2.06. The molecule has 2 atom stereocenters. The molecule has 0 amide bonds. The third kappa shape index (κ3) is 2.78. The van der Waals surface area contributed by atoms with Crippen LogP contribution in [0.2, 0.25) is 19.6 Å². The lowest BCUT2D eigenvalue weighted by Crippen LogP contribution is -2.69. The van der Waals surface area contributed by atoms with Crippen molar-refractivity contribution in [2.75, 3.05) is 6.61 Å². The Morgan fingerprint density at radius 1 is 1.03 bits per heavy atom. The van der Waals surface area contributed by atoms with Crippen LogP contribution >= 0.6 is 0 Å². The zero-order chi connectivity index (χ0) is 23.9. The van der Waals surface area contributed by atoms with Crippen LogP contribution in [0.3, 0.4) is 0 Å². The van der Waals surface area contributed by atoms with Crippen molar-refractivity contribution < 1.29 is 54.1 Å². The first-order valence-electron chi connectivity index (χ1n) is 9.08. The SMILES string of the molecule is C[Si](C)(C)O[C@@]12COC3=C(OS(=O)(=O)C(F)(F)F)C(=O)O[C@]31C(=O)c1ccccc1C2=O. The number of esters is 1. The molecular formula is C18H15F3O9SSi. The summed E-state index contributed by atoms with van der Waals surface area (Å²) in [5.41, 5.74) is -11.0. The maximum Gasteiger partial charge on any atom is 0.534 e. The topological polar surface area (TPSA) is 122 Å². The van der Waals surface area contributed by atoms with Gasteiger partial charge in [0.25, 0.3) is 11.4 Å². The van der Waals surface area contributed by atoms with Gasteiger partial charge < -0.3 is 18.1 Å². The first kappa shape index (κ1) is 22.5. The number of ketones is 2. The molecule has 1 aliphatic carbocycles. The number of halogens is 3. The monoisotopic (exact) mass is 492 g/mol. The fraction of sp³-hybridized carbons (Fsp3) is 0.389. The van der Waals surface area contributed by atoms with Gasteiger partial charge in [0.1, 0.15) is 6.61 Å². The summed E-state index contributed by atoms with van der Waals surface area (Å²) in [5, 5.41) is 0. The number of carbonyl (C=O) groups is 3. The van der Waals surface area contributed by atoms with Crippen LogP contribution in [0, 0.1) is 0 Å². The molecule has 172 valence electrons. The Hall–Kier alpha value is -2.71. The highest BCUT2D eigenvalue weighted by molar-refractivity contribution is 7.87. The number of ether oxygens (including phenoxy) is 2. The van der Waals surface area contributed by atoms with Gasteiger partial charge in [0, 0.05) is 11.1 Å². The highest BCUT2D eigenvalue weighted by atomic mass is 32.2. The van der Waals surface area contributed by atoms with Crippen LogP contribution in [0.1, 0.15) is 20.7 Å². The van der Waals surface area contributed by atoms with E-state index >= 15 is 0 Å². The van der Waals surface area contributed by atoms with E-state index in [4.69, 9.17) is 13.9 Å². The van der Waals surface area contributed by atoms with E-state index in [0.29, 0.717) is 0 Å². The molecule has 0 unspecified atom stereocenters. The second kappa shape index (κ2) is 6.42. The molecule has 0 radical (unpaired) electrons. The van der Waals surface area contributed by atoms with E-state index in [1.54, 1.807) is 19.6 Å². The number of benzene rings is 1. The van der Waals surface area contributed by atoms with Gasteiger partial charge in [-0.2, -0.15) is 21.6 Å². The number of fused-ring (bicyclic) bond motifs is 1. The minimum absolute atomic E-state index is 0.0560. The maximum absolute atomic E-state index is 13.6. The van der Waals surface area contributed by atoms with Gasteiger partial charge in [0.05, 0.1) is 0 Å². The van der Waals surface area contributed by atoms with Crippen molar-refractivity contribution in [2.45, 2.75) is 36.4 Å². The van der Waals surface area contributed by atoms with Crippen molar-refractivity contribution in [3.63, 3.8) is 0 Å². The Balaban J connectivity index is 2.00. The zero-order valence-electron chi connectivity index (χ0n) is 16.7. The lowest BCUT2D eigenvalue weighted by Gasteiger charge is -2.44. The molecule has 2 aliphatic heterocycles. The molecular weight excluding hydrogens is 477 g/mol. The fourth-order valence-corrected chi connectivity index (χ4v) is 5.73. The molecule has 2 heterocycles. The maximum atomic E-state index is 13.6. The van der Waals surface area contributed by atoms with Gasteiger partial charge in [0.2, 0.25) is 22.9 Å².